The van der Waals surface area contributed by atoms with Crippen LogP contribution in [-0.2, 0) is 4.43 Å². The Morgan fingerprint density at radius 3 is 2.28 bits per heavy atom. The Hall–Kier alpha value is -0.0831. The lowest BCUT2D eigenvalue weighted by molar-refractivity contribution is 0.158. The van der Waals surface area contributed by atoms with Gasteiger partial charge in [-0.3, -0.25) is 0 Å². The first-order chi connectivity index (χ1) is 8.33. The van der Waals surface area contributed by atoms with E-state index in [9.17, 15) is 0 Å². The average Bonchev–Trinajstić information content (AvgIpc) is 2.25. The number of hydrogen-bond donors (Lipinski definition) is 0. The molecular formula is C16H32OSi. The minimum absolute atomic E-state index is 0.332. The number of hydrogen-bond acceptors (Lipinski definition) is 1. The van der Waals surface area contributed by atoms with Gasteiger partial charge in [0.1, 0.15) is 0 Å². The molecule has 0 N–H and O–H groups in total. The van der Waals surface area contributed by atoms with Crippen LogP contribution in [0.15, 0.2) is 12.2 Å². The Labute approximate surface area is 115 Å². The fourth-order valence-electron chi connectivity index (χ4n) is 2.18. The fraction of sp³-hybridized carbons (Fsp3) is 0.875. The van der Waals surface area contributed by atoms with E-state index in [4.69, 9.17) is 4.43 Å². The molecule has 0 spiro atoms. The zero-order valence-electron chi connectivity index (χ0n) is 13.1. The quantitative estimate of drug-likeness (QED) is 0.462. The third-order valence-corrected chi connectivity index (χ3v) is 9.02. The molecule has 0 aromatic carbocycles. The van der Waals surface area contributed by atoms with Crippen LogP contribution in [0.2, 0.25) is 18.1 Å². The molecule has 1 unspecified atom stereocenters. The molecule has 0 saturated carbocycles. The van der Waals surface area contributed by atoms with Crippen molar-refractivity contribution in [2.75, 3.05) is 0 Å². The van der Waals surface area contributed by atoms with Crippen molar-refractivity contribution in [3.8, 4) is 0 Å². The smallest absolute Gasteiger partial charge is 0.192 e. The van der Waals surface area contributed by atoms with Crippen molar-refractivity contribution in [1.82, 2.24) is 0 Å². The van der Waals surface area contributed by atoms with Gasteiger partial charge in [0.2, 0.25) is 0 Å². The van der Waals surface area contributed by atoms with Gasteiger partial charge in [-0.1, -0.05) is 45.8 Å². The van der Waals surface area contributed by atoms with Gasteiger partial charge in [-0.2, -0.15) is 0 Å². The van der Waals surface area contributed by atoms with Gasteiger partial charge < -0.3 is 4.43 Å². The maximum absolute atomic E-state index is 6.58. The predicted octanol–water partition coefficient (Wildman–Crippen LogP) is 5.68. The first kappa shape index (κ1) is 16.0. The maximum Gasteiger partial charge on any atom is 0.192 e. The summed E-state index contributed by atoms with van der Waals surface area (Å²) in [7, 11) is -1.58. The van der Waals surface area contributed by atoms with Crippen LogP contribution in [0.25, 0.3) is 0 Å². The molecule has 106 valence electrons. The maximum atomic E-state index is 6.58. The summed E-state index contributed by atoms with van der Waals surface area (Å²) in [5.74, 6) is 0. The molecule has 0 aromatic heterocycles. The Balaban J connectivity index is 2.56. The van der Waals surface area contributed by atoms with E-state index in [0.29, 0.717) is 11.1 Å². The second-order valence-corrected chi connectivity index (χ2v) is 11.9. The largest absolute Gasteiger partial charge is 0.414 e. The summed E-state index contributed by atoms with van der Waals surface area (Å²) in [5.41, 5.74) is 0. The first-order valence-corrected chi connectivity index (χ1v) is 10.6. The van der Waals surface area contributed by atoms with E-state index in [1.165, 1.54) is 44.9 Å². The van der Waals surface area contributed by atoms with Crippen molar-refractivity contribution in [2.45, 2.75) is 90.0 Å². The van der Waals surface area contributed by atoms with Crippen molar-refractivity contribution in [3.05, 3.63) is 12.2 Å². The fourth-order valence-corrected chi connectivity index (χ4v) is 3.61. The first-order valence-electron chi connectivity index (χ1n) is 7.66. The second kappa shape index (κ2) is 6.90. The SMILES string of the molecule is CC(C)(C)[Si](C)(C)OC1CC/C=C\CCCCC1. The van der Waals surface area contributed by atoms with E-state index >= 15 is 0 Å². The van der Waals surface area contributed by atoms with E-state index in [2.05, 4.69) is 46.0 Å². The summed E-state index contributed by atoms with van der Waals surface area (Å²) >= 11 is 0. The standard InChI is InChI=1S/C16H32OSi/c1-16(2,3)18(4,5)17-15-13-11-9-7-6-8-10-12-14-15/h7,9,15H,6,8,10-14H2,1-5H3/b9-7-. The average molecular weight is 269 g/mol. The summed E-state index contributed by atoms with van der Waals surface area (Å²) in [6.07, 6.45) is 14.2. The third-order valence-electron chi connectivity index (χ3n) is 4.49. The van der Waals surface area contributed by atoms with Gasteiger partial charge in [-0.25, -0.2) is 0 Å². The molecule has 0 bridgehead atoms. The van der Waals surface area contributed by atoms with E-state index in [-0.39, 0.29) is 0 Å². The molecule has 1 rings (SSSR count). The van der Waals surface area contributed by atoms with Crippen LogP contribution in [0.3, 0.4) is 0 Å². The van der Waals surface area contributed by atoms with Gasteiger partial charge in [0, 0.05) is 6.10 Å². The van der Waals surface area contributed by atoms with Gasteiger partial charge in [0.05, 0.1) is 0 Å². The van der Waals surface area contributed by atoms with Crippen molar-refractivity contribution in [3.63, 3.8) is 0 Å². The van der Waals surface area contributed by atoms with Crippen molar-refractivity contribution >= 4 is 8.32 Å². The summed E-state index contributed by atoms with van der Waals surface area (Å²) < 4.78 is 6.58. The van der Waals surface area contributed by atoms with Crippen LogP contribution < -0.4 is 0 Å². The minimum Gasteiger partial charge on any atom is -0.414 e. The Bertz CT molecular complexity index is 263. The lowest BCUT2D eigenvalue weighted by Gasteiger charge is -2.39. The minimum atomic E-state index is -1.58. The summed E-state index contributed by atoms with van der Waals surface area (Å²) in [6.45, 7) is 11.8. The Morgan fingerprint density at radius 1 is 0.944 bits per heavy atom. The van der Waals surface area contributed by atoms with Gasteiger partial charge in [0.25, 0.3) is 0 Å². The lowest BCUT2D eigenvalue weighted by Crippen LogP contribution is -2.44. The monoisotopic (exact) mass is 268 g/mol. The van der Waals surface area contributed by atoms with Crippen LogP contribution >= 0.6 is 0 Å². The molecule has 0 radical (unpaired) electrons. The topological polar surface area (TPSA) is 9.23 Å². The molecule has 0 aromatic rings. The molecule has 1 nitrogen and oxygen atoms in total. The molecule has 0 saturated heterocycles. The van der Waals surface area contributed by atoms with Crippen LogP contribution in [0.5, 0.6) is 0 Å². The zero-order chi connectivity index (χ0) is 13.6. The zero-order valence-corrected chi connectivity index (χ0v) is 14.1. The number of rotatable bonds is 2. The van der Waals surface area contributed by atoms with E-state index in [1.807, 2.05) is 0 Å². The molecule has 2 heteroatoms. The number of allylic oxidation sites excluding steroid dienone is 2. The van der Waals surface area contributed by atoms with Gasteiger partial charge in [0.15, 0.2) is 8.32 Å². The van der Waals surface area contributed by atoms with Crippen molar-refractivity contribution < 1.29 is 4.43 Å². The second-order valence-electron chi connectivity index (χ2n) is 7.19. The van der Waals surface area contributed by atoms with Crippen LogP contribution in [-0.4, -0.2) is 14.4 Å². The summed E-state index contributed by atoms with van der Waals surface area (Å²) in [6, 6.07) is 0. The molecule has 0 fully saturated rings. The van der Waals surface area contributed by atoms with E-state index < -0.39 is 8.32 Å². The molecular weight excluding hydrogens is 236 g/mol. The predicted molar refractivity (Wildman–Crippen MR) is 83.5 cm³/mol. The van der Waals surface area contributed by atoms with Crippen LogP contribution in [0.4, 0.5) is 0 Å². The highest BCUT2D eigenvalue weighted by molar-refractivity contribution is 6.74. The van der Waals surface area contributed by atoms with E-state index in [1.54, 1.807) is 0 Å². The molecule has 0 heterocycles. The van der Waals surface area contributed by atoms with Gasteiger partial charge in [-0.05, 0) is 50.2 Å². The molecule has 18 heavy (non-hydrogen) atoms. The van der Waals surface area contributed by atoms with Crippen LogP contribution in [0.1, 0.15) is 65.7 Å². The Morgan fingerprint density at radius 2 is 1.61 bits per heavy atom. The molecule has 0 amide bonds. The molecule has 1 aliphatic rings. The highest BCUT2D eigenvalue weighted by Crippen LogP contribution is 2.38. The molecule has 1 atom stereocenters. The van der Waals surface area contributed by atoms with Crippen LogP contribution in [0, 0.1) is 0 Å². The normalized spacial score (nSPS) is 25.7. The molecule has 1 aliphatic carbocycles. The van der Waals surface area contributed by atoms with Crippen molar-refractivity contribution in [1.29, 1.82) is 0 Å². The third kappa shape index (κ3) is 5.27. The highest BCUT2D eigenvalue weighted by Gasteiger charge is 2.38. The summed E-state index contributed by atoms with van der Waals surface area (Å²) in [4.78, 5) is 0. The Kier molecular flexibility index (Phi) is 6.13. The molecule has 0 aliphatic heterocycles. The van der Waals surface area contributed by atoms with Gasteiger partial charge in [-0.15, -0.1) is 0 Å². The van der Waals surface area contributed by atoms with E-state index in [0.717, 1.165) is 0 Å². The summed E-state index contributed by atoms with van der Waals surface area (Å²) in [5, 5.41) is 0.332. The van der Waals surface area contributed by atoms with Gasteiger partial charge >= 0.3 is 0 Å². The lowest BCUT2D eigenvalue weighted by atomic mass is 10.0. The van der Waals surface area contributed by atoms with Crippen molar-refractivity contribution in [2.24, 2.45) is 0 Å². The highest BCUT2D eigenvalue weighted by atomic mass is 28.4.